The van der Waals surface area contributed by atoms with Crippen LogP contribution >= 0.6 is 0 Å². The number of hydrogen-bond donors (Lipinski definition) is 1. The van der Waals surface area contributed by atoms with E-state index in [0.717, 1.165) is 5.69 Å². The van der Waals surface area contributed by atoms with E-state index >= 15 is 0 Å². The minimum atomic E-state index is -4.43. The molecule has 1 saturated heterocycles. The maximum absolute atomic E-state index is 12.1. The number of hydrogen-bond acceptors (Lipinski definition) is 7. The Kier molecular flexibility index (Phi) is 7.60. The fourth-order valence-corrected chi connectivity index (χ4v) is 2.55. The van der Waals surface area contributed by atoms with E-state index in [-0.39, 0.29) is 23.4 Å². The summed E-state index contributed by atoms with van der Waals surface area (Å²) in [6.45, 7) is 6.29. The molecule has 2 amide bonds. The summed E-state index contributed by atoms with van der Waals surface area (Å²) >= 11 is 0. The molecule has 0 radical (unpaired) electrons. The maximum atomic E-state index is 12.1. The van der Waals surface area contributed by atoms with Crippen molar-refractivity contribution in [3.8, 4) is 11.8 Å². The molecule has 0 bridgehead atoms. The molecule has 0 aliphatic carbocycles. The van der Waals surface area contributed by atoms with Crippen molar-refractivity contribution in [2.75, 3.05) is 13.2 Å². The van der Waals surface area contributed by atoms with Crippen molar-refractivity contribution in [3.63, 3.8) is 0 Å². The van der Waals surface area contributed by atoms with Crippen LogP contribution in [0, 0.1) is 6.92 Å². The average Bonchev–Trinajstić information content (AvgIpc) is 3.18. The largest absolute Gasteiger partial charge is 0.478 e. The molecule has 3 heterocycles. The van der Waals surface area contributed by atoms with Gasteiger partial charge in [0, 0.05) is 17.3 Å². The standard InChI is InChI=1S/C14H17F3N2O3.C6H7N3O/c1-4-21-11-9(7-19-12(20)13(19,2)3)5-6-10(18-11)22-8-14(15,16)17;1-4-2-5(6(7)10)9-3-8-4/h5-6H,4,7-8H2,1-3H3;2-3H,1H3,(H2,7,10). The van der Waals surface area contributed by atoms with Gasteiger partial charge in [-0.25, -0.2) is 9.97 Å². The molecule has 2 aromatic heterocycles. The predicted molar refractivity (Wildman–Crippen MR) is 107 cm³/mol. The molecule has 1 aliphatic rings. The Morgan fingerprint density at radius 3 is 2.34 bits per heavy atom. The molecule has 3 rings (SSSR count). The van der Waals surface area contributed by atoms with E-state index in [0.29, 0.717) is 18.7 Å². The summed E-state index contributed by atoms with van der Waals surface area (Å²) in [6.07, 6.45) is -3.11. The number of nitrogens with zero attached hydrogens (tertiary/aromatic N) is 4. The lowest BCUT2D eigenvalue weighted by atomic mass is 10.2. The summed E-state index contributed by atoms with van der Waals surface area (Å²) in [5, 5.41) is 0. The molecule has 32 heavy (non-hydrogen) atoms. The highest BCUT2D eigenvalue weighted by molar-refractivity contribution is 6.01. The number of carbonyl (C=O) groups is 2. The van der Waals surface area contributed by atoms with Gasteiger partial charge in [0.05, 0.1) is 13.2 Å². The summed E-state index contributed by atoms with van der Waals surface area (Å²) in [4.78, 5) is 35.1. The lowest BCUT2D eigenvalue weighted by Crippen LogP contribution is -2.20. The minimum absolute atomic E-state index is 0.00680. The van der Waals surface area contributed by atoms with Crippen LogP contribution in [-0.4, -0.2) is 56.6 Å². The topological polar surface area (TPSA) is 120 Å². The van der Waals surface area contributed by atoms with Gasteiger partial charge in [-0.05, 0) is 39.8 Å². The van der Waals surface area contributed by atoms with Crippen LogP contribution in [0.25, 0.3) is 0 Å². The first-order chi connectivity index (χ1) is 14.8. The Hall–Kier alpha value is -3.44. The summed E-state index contributed by atoms with van der Waals surface area (Å²) in [5.41, 5.74) is 6.06. The number of aryl methyl sites for hydroxylation is 1. The highest BCUT2D eigenvalue weighted by atomic mass is 19.4. The third-order valence-electron chi connectivity index (χ3n) is 4.36. The Labute approximate surface area is 182 Å². The van der Waals surface area contributed by atoms with Gasteiger partial charge in [0.15, 0.2) is 6.61 Å². The number of rotatable bonds is 7. The second-order valence-electron chi connectivity index (χ2n) is 7.31. The second kappa shape index (κ2) is 9.79. The van der Waals surface area contributed by atoms with Gasteiger partial charge in [-0.3, -0.25) is 9.59 Å². The molecular weight excluding hydrogens is 431 g/mol. The number of pyridine rings is 1. The third-order valence-corrected chi connectivity index (χ3v) is 4.36. The first-order valence-corrected chi connectivity index (χ1v) is 9.58. The zero-order valence-corrected chi connectivity index (χ0v) is 18.1. The highest BCUT2D eigenvalue weighted by Gasteiger charge is 2.54. The molecule has 174 valence electrons. The fraction of sp³-hybridized carbons (Fsp3) is 0.450. The second-order valence-corrected chi connectivity index (χ2v) is 7.31. The van der Waals surface area contributed by atoms with Gasteiger partial charge in [-0.15, -0.1) is 0 Å². The van der Waals surface area contributed by atoms with Crippen LogP contribution in [0.3, 0.4) is 0 Å². The number of alkyl halides is 3. The Balaban J connectivity index is 0.000000303. The number of ether oxygens (including phenoxy) is 2. The lowest BCUT2D eigenvalue weighted by molar-refractivity contribution is -0.154. The Morgan fingerprint density at radius 1 is 1.22 bits per heavy atom. The number of nitrogens with two attached hydrogens (primary N) is 1. The van der Waals surface area contributed by atoms with Crippen LogP contribution in [0.5, 0.6) is 11.8 Å². The van der Waals surface area contributed by atoms with Crippen molar-refractivity contribution >= 4 is 11.8 Å². The van der Waals surface area contributed by atoms with Gasteiger partial charge in [-0.1, -0.05) is 0 Å². The summed E-state index contributed by atoms with van der Waals surface area (Å²) in [5.74, 6) is -0.503. The van der Waals surface area contributed by atoms with Crippen LogP contribution in [-0.2, 0) is 11.3 Å². The van der Waals surface area contributed by atoms with E-state index in [2.05, 4.69) is 19.7 Å². The molecule has 1 aliphatic heterocycles. The normalized spacial score (nSPS) is 14.3. The van der Waals surface area contributed by atoms with Crippen molar-refractivity contribution in [2.45, 2.75) is 46.0 Å². The number of halogens is 3. The molecule has 1 fully saturated rings. The van der Waals surface area contributed by atoms with Gasteiger partial charge in [0.1, 0.15) is 17.6 Å². The third kappa shape index (κ3) is 6.79. The van der Waals surface area contributed by atoms with Gasteiger partial charge in [-0.2, -0.15) is 18.2 Å². The summed E-state index contributed by atoms with van der Waals surface area (Å²) in [6, 6.07) is 4.44. The quantitative estimate of drug-likeness (QED) is 0.637. The highest BCUT2D eigenvalue weighted by Crippen LogP contribution is 2.36. The van der Waals surface area contributed by atoms with Crippen LogP contribution in [0.2, 0.25) is 0 Å². The van der Waals surface area contributed by atoms with Gasteiger partial charge in [0.25, 0.3) is 5.91 Å². The van der Waals surface area contributed by atoms with Crippen molar-refractivity contribution in [3.05, 3.63) is 41.5 Å². The number of primary amides is 1. The van der Waals surface area contributed by atoms with Crippen molar-refractivity contribution < 1.29 is 32.2 Å². The van der Waals surface area contributed by atoms with E-state index < -0.39 is 24.2 Å². The molecule has 0 atom stereocenters. The Bertz CT molecular complexity index is 982. The van der Waals surface area contributed by atoms with Gasteiger partial charge in [0.2, 0.25) is 17.7 Å². The van der Waals surface area contributed by atoms with Crippen molar-refractivity contribution in [1.29, 1.82) is 0 Å². The van der Waals surface area contributed by atoms with Gasteiger partial charge >= 0.3 is 6.18 Å². The smallest absolute Gasteiger partial charge is 0.422 e. The predicted octanol–water partition coefficient (Wildman–Crippen LogP) is 2.43. The molecular formula is C20H24F3N5O4. The zero-order valence-electron chi connectivity index (χ0n) is 18.1. The SMILES string of the molecule is CCOc1nc(OCC(F)(F)F)ccc1CN1C(=O)C1(C)C.Cc1cc(C(N)=O)ncn1. The van der Waals surface area contributed by atoms with E-state index in [4.69, 9.17) is 10.5 Å². The zero-order chi connectivity index (χ0) is 24.1. The van der Waals surface area contributed by atoms with Gasteiger partial charge < -0.3 is 20.1 Å². The molecule has 0 unspecified atom stereocenters. The lowest BCUT2D eigenvalue weighted by Gasteiger charge is -2.13. The molecule has 12 heteroatoms. The van der Waals surface area contributed by atoms with E-state index in [1.165, 1.54) is 12.4 Å². The maximum Gasteiger partial charge on any atom is 0.422 e. The van der Waals surface area contributed by atoms with E-state index in [9.17, 15) is 22.8 Å². The molecule has 0 spiro atoms. The van der Waals surface area contributed by atoms with E-state index in [1.807, 2.05) is 0 Å². The molecule has 9 nitrogen and oxygen atoms in total. The van der Waals surface area contributed by atoms with Crippen LogP contribution < -0.4 is 15.2 Å². The fourth-order valence-electron chi connectivity index (χ4n) is 2.55. The summed E-state index contributed by atoms with van der Waals surface area (Å²) < 4.78 is 46.4. The molecule has 0 aromatic carbocycles. The van der Waals surface area contributed by atoms with Crippen molar-refractivity contribution in [1.82, 2.24) is 19.9 Å². The molecule has 2 N–H and O–H groups in total. The first-order valence-electron chi connectivity index (χ1n) is 9.58. The number of carbonyl (C=O) groups excluding carboxylic acids is 2. The van der Waals surface area contributed by atoms with Crippen molar-refractivity contribution in [2.24, 2.45) is 5.73 Å². The monoisotopic (exact) mass is 455 g/mol. The van der Waals surface area contributed by atoms with Crippen LogP contribution in [0.15, 0.2) is 24.5 Å². The molecule has 0 saturated carbocycles. The number of amides is 2. The van der Waals surface area contributed by atoms with Crippen LogP contribution in [0.1, 0.15) is 42.5 Å². The summed E-state index contributed by atoms with van der Waals surface area (Å²) in [7, 11) is 0. The van der Waals surface area contributed by atoms with E-state index in [1.54, 1.807) is 44.7 Å². The molecule has 2 aromatic rings. The average molecular weight is 455 g/mol. The first kappa shape index (κ1) is 24.8. The van der Waals surface area contributed by atoms with Crippen LogP contribution in [0.4, 0.5) is 13.2 Å². The number of aromatic nitrogens is 3. The minimum Gasteiger partial charge on any atom is -0.478 e. The Morgan fingerprint density at radius 2 is 1.88 bits per heavy atom.